The van der Waals surface area contributed by atoms with Gasteiger partial charge in [0, 0.05) is 22.9 Å². The molecule has 4 nitrogen and oxygen atoms in total. The number of halogens is 1. The minimum Gasteiger partial charge on any atom is -0.493 e. The number of hydrogen-bond acceptors (Lipinski definition) is 4. The van der Waals surface area contributed by atoms with Gasteiger partial charge in [0.05, 0.1) is 14.2 Å². The highest BCUT2D eigenvalue weighted by Gasteiger charge is 2.23. The molecule has 5 heteroatoms. The number of hydrogen-bond donors (Lipinski definition) is 1. The summed E-state index contributed by atoms with van der Waals surface area (Å²) in [6.45, 7) is 0.968. The Morgan fingerprint density at radius 1 is 1.27 bits per heavy atom. The molecule has 1 aliphatic heterocycles. The van der Waals surface area contributed by atoms with Gasteiger partial charge >= 0.3 is 0 Å². The van der Waals surface area contributed by atoms with E-state index < -0.39 is 0 Å². The summed E-state index contributed by atoms with van der Waals surface area (Å²) in [6.07, 6.45) is 5.58. The van der Waals surface area contributed by atoms with Crippen LogP contribution in [0, 0.1) is 0 Å². The minimum atomic E-state index is 0.266. The van der Waals surface area contributed by atoms with E-state index in [4.69, 9.17) is 9.47 Å². The monoisotopic (exact) mass is 362 g/mol. The summed E-state index contributed by atoms with van der Waals surface area (Å²) in [7, 11) is 3.35. The first-order valence-corrected chi connectivity index (χ1v) is 8.08. The number of fused-ring (bicyclic) bond motifs is 1. The number of aromatic nitrogens is 1. The molecule has 1 N–H and O–H groups in total. The highest BCUT2D eigenvalue weighted by Crippen LogP contribution is 2.36. The van der Waals surface area contributed by atoms with Gasteiger partial charge in [0.2, 0.25) is 0 Å². The summed E-state index contributed by atoms with van der Waals surface area (Å²) in [5.41, 5.74) is 3.86. The Bertz CT molecular complexity index is 676. The van der Waals surface area contributed by atoms with Gasteiger partial charge in [0.1, 0.15) is 0 Å². The van der Waals surface area contributed by atoms with E-state index in [2.05, 4.69) is 44.4 Å². The fraction of sp³-hybridized carbons (Fsp3) is 0.353. The molecule has 0 saturated heterocycles. The lowest BCUT2D eigenvalue weighted by atomic mass is 9.90. The van der Waals surface area contributed by atoms with Crippen LogP contribution >= 0.6 is 15.9 Å². The number of methoxy groups -OCH3 is 2. The van der Waals surface area contributed by atoms with Crippen LogP contribution in [0.4, 0.5) is 0 Å². The quantitative estimate of drug-likeness (QED) is 0.906. The molecule has 0 aliphatic carbocycles. The normalized spacial score (nSPS) is 17.0. The van der Waals surface area contributed by atoms with Crippen molar-refractivity contribution in [2.24, 2.45) is 0 Å². The first-order chi connectivity index (χ1) is 10.7. The Hall–Kier alpha value is -1.59. The third kappa shape index (κ3) is 2.96. The van der Waals surface area contributed by atoms with Crippen LogP contribution in [-0.4, -0.2) is 25.7 Å². The molecule has 1 aromatic heterocycles. The summed E-state index contributed by atoms with van der Waals surface area (Å²) in [6, 6.07) is 6.52. The lowest BCUT2D eigenvalue weighted by molar-refractivity contribution is 0.352. The lowest BCUT2D eigenvalue weighted by Gasteiger charge is -2.28. The first-order valence-electron chi connectivity index (χ1n) is 7.29. The Balaban J connectivity index is 1.95. The average Bonchev–Trinajstić information content (AvgIpc) is 2.56. The van der Waals surface area contributed by atoms with Crippen molar-refractivity contribution in [3.63, 3.8) is 0 Å². The molecule has 0 saturated carbocycles. The maximum atomic E-state index is 5.45. The molecular weight excluding hydrogens is 344 g/mol. The van der Waals surface area contributed by atoms with Crippen LogP contribution in [0.3, 0.4) is 0 Å². The van der Waals surface area contributed by atoms with Gasteiger partial charge < -0.3 is 14.8 Å². The molecule has 0 fully saturated rings. The van der Waals surface area contributed by atoms with Crippen molar-refractivity contribution in [1.29, 1.82) is 0 Å². The summed E-state index contributed by atoms with van der Waals surface area (Å²) in [5, 5.41) is 3.60. The van der Waals surface area contributed by atoms with E-state index in [-0.39, 0.29) is 6.04 Å². The molecule has 0 bridgehead atoms. The van der Waals surface area contributed by atoms with Crippen molar-refractivity contribution in [2.45, 2.75) is 18.9 Å². The van der Waals surface area contributed by atoms with Crippen LogP contribution in [0.25, 0.3) is 0 Å². The predicted octanol–water partition coefficient (Wildman–Crippen LogP) is 3.29. The maximum Gasteiger partial charge on any atom is 0.161 e. The second-order valence-electron chi connectivity index (χ2n) is 5.33. The Morgan fingerprint density at radius 3 is 2.77 bits per heavy atom. The fourth-order valence-electron chi connectivity index (χ4n) is 2.94. The summed E-state index contributed by atoms with van der Waals surface area (Å²) in [5.74, 6) is 1.58. The first kappa shape index (κ1) is 15.3. The largest absolute Gasteiger partial charge is 0.493 e. The Kier molecular flexibility index (Phi) is 4.64. The van der Waals surface area contributed by atoms with Gasteiger partial charge in [0.15, 0.2) is 11.5 Å². The van der Waals surface area contributed by atoms with Gasteiger partial charge in [-0.25, -0.2) is 0 Å². The lowest BCUT2D eigenvalue weighted by Crippen LogP contribution is -2.31. The highest BCUT2D eigenvalue weighted by atomic mass is 79.9. The molecule has 2 heterocycles. The zero-order valence-electron chi connectivity index (χ0n) is 12.7. The molecule has 1 unspecified atom stereocenters. The van der Waals surface area contributed by atoms with Crippen LogP contribution in [0.1, 0.15) is 22.7 Å². The number of nitrogens with one attached hydrogen (secondary N) is 1. The SMILES string of the molecule is COc1cc2c(cc1OC)C(Cc1ccncc1Br)NCC2. The molecule has 3 rings (SSSR count). The number of nitrogens with zero attached hydrogens (tertiary/aromatic N) is 1. The van der Waals surface area contributed by atoms with Crippen LogP contribution in [0.2, 0.25) is 0 Å². The average molecular weight is 363 g/mol. The zero-order chi connectivity index (χ0) is 15.5. The molecule has 1 aromatic carbocycles. The smallest absolute Gasteiger partial charge is 0.161 e. The molecule has 116 valence electrons. The maximum absolute atomic E-state index is 5.45. The number of pyridine rings is 1. The van der Waals surface area contributed by atoms with Crippen molar-refractivity contribution < 1.29 is 9.47 Å². The number of benzene rings is 1. The van der Waals surface area contributed by atoms with Crippen molar-refractivity contribution in [2.75, 3.05) is 20.8 Å². The number of rotatable bonds is 4. The van der Waals surface area contributed by atoms with Gasteiger partial charge in [-0.3, -0.25) is 4.98 Å². The Labute approximate surface area is 139 Å². The second kappa shape index (κ2) is 6.67. The molecule has 0 radical (unpaired) electrons. The number of ether oxygens (including phenoxy) is 2. The molecule has 1 aliphatic rings. The van der Waals surface area contributed by atoms with E-state index in [1.165, 1.54) is 16.7 Å². The molecule has 22 heavy (non-hydrogen) atoms. The summed E-state index contributed by atoms with van der Waals surface area (Å²) in [4.78, 5) is 4.13. The van der Waals surface area contributed by atoms with E-state index in [1.807, 2.05) is 12.4 Å². The summed E-state index contributed by atoms with van der Waals surface area (Å²) >= 11 is 3.58. The predicted molar refractivity (Wildman–Crippen MR) is 89.6 cm³/mol. The van der Waals surface area contributed by atoms with Gasteiger partial charge in [0.25, 0.3) is 0 Å². The third-order valence-corrected chi connectivity index (χ3v) is 4.80. The molecule has 2 aromatic rings. The van der Waals surface area contributed by atoms with Gasteiger partial charge in [-0.05, 0) is 70.2 Å². The highest BCUT2D eigenvalue weighted by molar-refractivity contribution is 9.10. The standard InChI is InChI=1S/C17H19BrN2O2/c1-21-16-8-11-4-6-20-15(13(11)9-17(16)22-2)7-12-3-5-19-10-14(12)18/h3,5,8-10,15,20H,4,6-7H2,1-2H3. The molecular formula is C17H19BrN2O2. The van der Waals surface area contributed by atoms with E-state index >= 15 is 0 Å². The van der Waals surface area contributed by atoms with Gasteiger partial charge in [-0.2, -0.15) is 0 Å². The molecule has 0 spiro atoms. The zero-order valence-corrected chi connectivity index (χ0v) is 14.3. The van der Waals surface area contributed by atoms with E-state index in [1.54, 1.807) is 14.2 Å². The van der Waals surface area contributed by atoms with Crippen LogP contribution < -0.4 is 14.8 Å². The van der Waals surface area contributed by atoms with Crippen molar-refractivity contribution >= 4 is 15.9 Å². The van der Waals surface area contributed by atoms with Crippen molar-refractivity contribution in [3.8, 4) is 11.5 Å². The van der Waals surface area contributed by atoms with Crippen LogP contribution in [-0.2, 0) is 12.8 Å². The van der Waals surface area contributed by atoms with Crippen LogP contribution in [0.5, 0.6) is 11.5 Å². The minimum absolute atomic E-state index is 0.266. The molecule has 1 atom stereocenters. The third-order valence-electron chi connectivity index (χ3n) is 4.09. The van der Waals surface area contributed by atoms with Gasteiger partial charge in [-0.1, -0.05) is 0 Å². The fourth-order valence-corrected chi connectivity index (χ4v) is 3.35. The van der Waals surface area contributed by atoms with Crippen molar-refractivity contribution in [3.05, 3.63) is 51.8 Å². The summed E-state index contributed by atoms with van der Waals surface area (Å²) < 4.78 is 11.9. The van der Waals surface area contributed by atoms with Crippen LogP contribution in [0.15, 0.2) is 35.1 Å². The van der Waals surface area contributed by atoms with E-state index in [0.717, 1.165) is 35.4 Å². The molecule has 0 amide bonds. The van der Waals surface area contributed by atoms with Gasteiger partial charge in [-0.15, -0.1) is 0 Å². The Morgan fingerprint density at radius 2 is 2.05 bits per heavy atom. The van der Waals surface area contributed by atoms with E-state index in [0.29, 0.717) is 0 Å². The second-order valence-corrected chi connectivity index (χ2v) is 6.19. The topological polar surface area (TPSA) is 43.4 Å². The van der Waals surface area contributed by atoms with E-state index in [9.17, 15) is 0 Å². The van der Waals surface area contributed by atoms with Crippen molar-refractivity contribution in [1.82, 2.24) is 10.3 Å².